The van der Waals surface area contributed by atoms with Gasteiger partial charge in [-0.1, -0.05) is 0 Å². The van der Waals surface area contributed by atoms with E-state index >= 15 is 0 Å². The predicted octanol–water partition coefficient (Wildman–Crippen LogP) is -1.49. The molecule has 0 aromatic rings. The summed E-state index contributed by atoms with van der Waals surface area (Å²) in [7, 11) is 0. The van der Waals surface area contributed by atoms with Gasteiger partial charge in [-0.15, -0.1) is 0 Å². The molecule has 3 nitrogen and oxygen atoms in total. The third-order valence-corrected chi connectivity index (χ3v) is 0. The quantitative estimate of drug-likeness (QED) is 0.402. The van der Waals surface area contributed by atoms with Crippen LogP contribution in [0.1, 0.15) is 6.92 Å². The molecule has 0 radical (unpaired) electrons. The van der Waals surface area contributed by atoms with Crippen LogP contribution in [0.15, 0.2) is 0 Å². The molecule has 0 heterocycles. The topological polar surface area (TPSA) is 71.6 Å². The van der Waals surface area contributed by atoms with Crippen LogP contribution in [0.25, 0.3) is 0 Å². The molecule has 0 aromatic heterocycles. The average molecular weight is 157 g/mol. The Morgan fingerprint density at radius 1 is 1.57 bits per heavy atom. The molecular formula is C3H8O3Zn. The van der Waals surface area contributed by atoms with Crippen molar-refractivity contribution in [3.05, 3.63) is 0 Å². The molecule has 0 spiro atoms. The van der Waals surface area contributed by atoms with E-state index in [0.29, 0.717) is 0 Å². The standard InChI is InChI=1S/C2H4O2.CH3.H2O.Zn/c1-2(3)4;;;/h1H3,(H,3,4);1H3;1H2;/q;;;+1/p-1. The van der Waals surface area contributed by atoms with Crippen LogP contribution >= 0.6 is 0 Å². The molecule has 0 aliphatic rings. The van der Waals surface area contributed by atoms with Crippen LogP contribution < -0.4 is 5.11 Å². The van der Waals surface area contributed by atoms with Crippen LogP contribution in [0.5, 0.6) is 0 Å². The van der Waals surface area contributed by atoms with Crippen molar-refractivity contribution in [3.8, 4) is 0 Å². The SMILES string of the molecule is CC(=O)[O-].O.[CH3][Zn+]. The van der Waals surface area contributed by atoms with E-state index in [-0.39, 0.29) is 5.48 Å². The first-order valence-corrected chi connectivity index (χ1v) is 4.58. The predicted molar refractivity (Wildman–Crippen MR) is 20.2 cm³/mol. The second-order valence-electron chi connectivity index (χ2n) is 0.492. The molecule has 0 rings (SSSR count). The normalized spacial score (nSPS) is 4.57. The van der Waals surface area contributed by atoms with Crippen LogP contribution in [0.2, 0.25) is 5.52 Å². The maximum atomic E-state index is 8.89. The molecule has 0 bridgehead atoms. The molecule has 0 fully saturated rings. The van der Waals surface area contributed by atoms with Gasteiger partial charge in [0, 0.05) is 5.97 Å². The molecule has 0 aliphatic carbocycles. The zero-order valence-electron chi connectivity index (χ0n) is 4.52. The van der Waals surface area contributed by atoms with Crippen molar-refractivity contribution in [3.63, 3.8) is 0 Å². The van der Waals surface area contributed by atoms with E-state index in [9.17, 15) is 0 Å². The van der Waals surface area contributed by atoms with E-state index in [0.717, 1.165) is 6.92 Å². The number of hydrogen-bond donors (Lipinski definition) is 0. The fraction of sp³-hybridized carbons (Fsp3) is 0.667. The van der Waals surface area contributed by atoms with Gasteiger partial charge in [-0.3, -0.25) is 0 Å². The van der Waals surface area contributed by atoms with Gasteiger partial charge in [0.05, 0.1) is 0 Å². The summed E-state index contributed by atoms with van der Waals surface area (Å²) in [6, 6.07) is 0. The van der Waals surface area contributed by atoms with Gasteiger partial charge in [0.15, 0.2) is 0 Å². The molecular weight excluding hydrogens is 149 g/mol. The van der Waals surface area contributed by atoms with Gasteiger partial charge in [0.25, 0.3) is 0 Å². The van der Waals surface area contributed by atoms with E-state index in [1.807, 2.05) is 0 Å². The fourth-order valence-corrected chi connectivity index (χ4v) is 0. The Balaban J connectivity index is -0.0000000480. The summed E-state index contributed by atoms with van der Waals surface area (Å²) in [5.41, 5.74) is 2.12. The first-order chi connectivity index (χ1) is 2.73. The number of carboxylic acid groups (broad SMARTS) is 1. The summed E-state index contributed by atoms with van der Waals surface area (Å²) in [5.74, 6) is -1.08. The first-order valence-electron chi connectivity index (χ1n) is 1.62. The Kier molecular flexibility index (Phi) is 37.3. The summed E-state index contributed by atoms with van der Waals surface area (Å²) in [6.07, 6.45) is 0. The van der Waals surface area contributed by atoms with Crippen molar-refractivity contribution in [2.24, 2.45) is 0 Å². The van der Waals surface area contributed by atoms with Crippen LogP contribution in [0.4, 0.5) is 0 Å². The Labute approximate surface area is 52.7 Å². The zero-order valence-corrected chi connectivity index (χ0v) is 7.49. The van der Waals surface area contributed by atoms with E-state index in [1.54, 1.807) is 0 Å². The molecule has 4 heteroatoms. The number of carbonyl (C=O) groups excluding carboxylic acids is 1. The van der Waals surface area contributed by atoms with Gasteiger partial charge in [-0.2, -0.15) is 0 Å². The summed E-state index contributed by atoms with van der Waals surface area (Å²) in [4.78, 5) is 8.89. The molecule has 2 N–H and O–H groups in total. The van der Waals surface area contributed by atoms with Gasteiger partial charge >= 0.3 is 23.8 Å². The molecule has 0 amide bonds. The van der Waals surface area contributed by atoms with Crippen molar-refractivity contribution in [1.29, 1.82) is 0 Å². The summed E-state index contributed by atoms with van der Waals surface area (Å²) < 4.78 is 0. The average Bonchev–Trinajstić information content (AvgIpc) is 1.41. The molecule has 0 aliphatic heterocycles. The molecule has 40 valence electrons. The monoisotopic (exact) mass is 156 g/mol. The Hall–Kier alpha value is 0.0534. The number of hydrogen-bond acceptors (Lipinski definition) is 2. The molecule has 0 atom stereocenters. The van der Waals surface area contributed by atoms with Crippen LogP contribution in [-0.2, 0) is 23.1 Å². The van der Waals surface area contributed by atoms with Crippen LogP contribution in [0.3, 0.4) is 0 Å². The number of carbonyl (C=O) groups is 1. The number of aliphatic carboxylic acids is 1. The Morgan fingerprint density at radius 2 is 1.57 bits per heavy atom. The van der Waals surface area contributed by atoms with Gasteiger partial charge < -0.3 is 15.4 Å². The fourth-order valence-electron chi connectivity index (χ4n) is 0. The second-order valence-corrected chi connectivity index (χ2v) is 0.492. The Morgan fingerprint density at radius 3 is 1.57 bits per heavy atom. The van der Waals surface area contributed by atoms with Crippen molar-refractivity contribution < 1.29 is 33.7 Å². The second kappa shape index (κ2) is 16.6. The molecule has 7 heavy (non-hydrogen) atoms. The third kappa shape index (κ3) is 34900. The van der Waals surface area contributed by atoms with Gasteiger partial charge in [-0.25, -0.2) is 0 Å². The summed E-state index contributed by atoms with van der Waals surface area (Å²) in [6.45, 7) is 0.972. The Bertz CT molecular complexity index is 33.2. The van der Waals surface area contributed by atoms with E-state index in [1.165, 1.54) is 18.3 Å². The van der Waals surface area contributed by atoms with E-state index in [2.05, 4.69) is 5.52 Å². The van der Waals surface area contributed by atoms with E-state index in [4.69, 9.17) is 9.90 Å². The molecule has 0 saturated heterocycles. The van der Waals surface area contributed by atoms with Crippen LogP contribution in [0, 0.1) is 0 Å². The van der Waals surface area contributed by atoms with Crippen molar-refractivity contribution in [1.82, 2.24) is 0 Å². The number of rotatable bonds is 0. The van der Waals surface area contributed by atoms with E-state index < -0.39 is 5.97 Å². The van der Waals surface area contributed by atoms with Gasteiger partial charge in [0.2, 0.25) is 0 Å². The zero-order chi connectivity index (χ0) is 5.58. The van der Waals surface area contributed by atoms with Crippen molar-refractivity contribution in [2.75, 3.05) is 0 Å². The van der Waals surface area contributed by atoms with Gasteiger partial charge in [0.1, 0.15) is 0 Å². The van der Waals surface area contributed by atoms with Crippen molar-refractivity contribution >= 4 is 5.97 Å². The molecule has 0 unspecified atom stereocenters. The minimum atomic E-state index is -1.08. The number of carboxylic acids is 1. The molecule has 0 saturated carbocycles. The summed E-state index contributed by atoms with van der Waals surface area (Å²) >= 11 is 1.38. The van der Waals surface area contributed by atoms with Gasteiger partial charge in [-0.05, 0) is 6.92 Å². The van der Waals surface area contributed by atoms with Crippen molar-refractivity contribution in [2.45, 2.75) is 12.4 Å². The third-order valence-electron chi connectivity index (χ3n) is 0. The first kappa shape index (κ1) is 15.7. The minimum absolute atomic E-state index is 0. The van der Waals surface area contributed by atoms with Crippen LogP contribution in [-0.4, -0.2) is 11.4 Å². The maximum absolute atomic E-state index is 8.89. The summed E-state index contributed by atoms with van der Waals surface area (Å²) in [5, 5.41) is 8.89. The molecule has 0 aromatic carbocycles.